The largest absolute Gasteiger partial charge is 0.466 e. The Morgan fingerprint density at radius 3 is 2.75 bits per heavy atom. The van der Waals surface area contributed by atoms with E-state index in [1.807, 2.05) is 24.4 Å². The Morgan fingerprint density at radius 2 is 2.03 bits per heavy atom. The Labute approximate surface area is 191 Å². The Morgan fingerprint density at radius 1 is 1.19 bits per heavy atom. The number of fused-ring (bicyclic) bond motifs is 1. The molecule has 5 atom stereocenters. The zero-order valence-corrected chi connectivity index (χ0v) is 19.2. The van der Waals surface area contributed by atoms with Crippen LogP contribution in [0, 0.1) is 35.4 Å². The van der Waals surface area contributed by atoms with Gasteiger partial charge in [0.1, 0.15) is 5.82 Å². The zero-order chi connectivity index (χ0) is 22.5. The van der Waals surface area contributed by atoms with Crippen molar-refractivity contribution >= 4 is 12.0 Å². The molecule has 0 amide bonds. The molecule has 170 valence electrons. The van der Waals surface area contributed by atoms with Crippen molar-refractivity contribution < 1.29 is 13.9 Å². The van der Waals surface area contributed by atoms with Crippen LogP contribution in [0.3, 0.4) is 0 Å². The van der Waals surface area contributed by atoms with Crippen molar-refractivity contribution in [3.8, 4) is 11.1 Å². The first kappa shape index (κ1) is 22.7. The van der Waals surface area contributed by atoms with E-state index in [4.69, 9.17) is 4.74 Å². The van der Waals surface area contributed by atoms with Gasteiger partial charge < -0.3 is 4.74 Å². The molecule has 2 aromatic rings. The molecule has 3 nitrogen and oxygen atoms in total. The van der Waals surface area contributed by atoms with Crippen LogP contribution in [0.25, 0.3) is 17.2 Å². The summed E-state index contributed by atoms with van der Waals surface area (Å²) in [5.41, 5.74) is 2.68. The van der Waals surface area contributed by atoms with Crippen LogP contribution < -0.4 is 0 Å². The van der Waals surface area contributed by atoms with Gasteiger partial charge >= 0.3 is 5.97 Å². The predicted octanol–water partition coefficient (Wildman–Crippen LogP) is 6.93. The quantitative estimate of drug-likeness (QED) is 0.462. The summed E-state index contributed by atoms with van der Waals surface area (Å²) in [6, 6.07) is 10.6. The third-order valence-corrected chi connectivity index (χ3v) is 7.57. The maximum absolute atomic E-state index is 13.5. The smallest absolute Gasteiger partial charge is 0.302 e. The average Bonchev–Trinajstić information content (AvgIpc) is 2.81. The van der Waals surface area contributed by atoms with Crippen LogP contribution in [0.1, 0.15) is 58.1 Å². The van der Waals surface area contributed by atoms with Crippen molar-refractivity contribution in [3.63, 3.8) is 0 Å². The van der Waals surface area contributed by atoms with E-state index in [1.165, 1.54) is 51.2 Å². The molecule has 2 aliphatic rings. The number of halogens is 1. The van der Waals surface area contributed by atoms with Gasteiger partial charge in [-0.1, -0.05) is 56.9 Å². The van der Waals surface area contributed by atoms with Crippen LogP contribution in [-0.2, 0) is 9.53 Å². The summed E-state index contributed by atoms with van der Waals surface area (Å²) in [5.74, 6) is 2.47. The summed E-state index contributed by atoms with van der Waals surface area (Å²) in [4.78, 5) is 16.1. The summed E-state index contributed by atoms with van der Waals surface area (Å²) in [7, 11) is 0. The SMILES string of the molecule is CC[C@H]1[C@H](COC(C)=O)C[C@@H]2CCCC[C@H]2[C@@H]1/C=C/c1ccc(-c2cccc(F)c2)cn1. The van der Waals surface area contributed by atoms with Crippen LogP contribution in [0.4, 0.5) is 4.39 Å². The molecule has 0 spiro atoms. The molecule has 4 rings (SSSR count). The number of aromatic nitrogens is 1. The van der Waals surface area contributed by atoms with Crippen molar-refractivity contribution in [1.82, 2.24) is 4.98 Å². The van der Waals surface area contributed by atoms with E-state index in [-0.39, 0.29) is 11.8 Å². The minimum absolute atomic E-state index is 0.180. The van der Waals surface area contributed by atoms with Gasteiger partial charge in [-0.2, -0.15) is 0 Å². The number of benzene rings is 1. The topological polar surface area (TPSA) is 39.2 Å². The van der Waals surface area contributed by atoms with Gasteiger partial charge in [0.2, 0.25) is 0 Å². The molecular weight excluding hydrogens is 401 g/mol. The van der Waals surface area contributed by atoms with Crippen molar-refractivity contribution in [2.24, 2.45) is 29.6 Å². The number of hydrogen-bond acceptors (Lipinski definition) is 3. The monoisotopic (exact) mass is 435 g/mol. The van der Waals surface area contributed by atoms with Gasteiger partial charge in [-0.15, -0.1) is 0 Å². The molecule has 0 radical (unpaired) electrons. The Hall–Kier alpha value is -2.49. The third kappa shape index (κ3) is 5.28. The van der Waals surface area contributed by atoms with Gasteiger partial charge in [-0.25, -0.2) is 4.39 Å². The number of nitrogens with zero attached hydrogens (tertiary/aromatic N) is 1. The van der Waals surface area contributed by atoms with Gasteiger partial charge in [0.05, 0.1) is 12.3 Å². The maximum atomic E-state index is 13.5. The number of rotatable bonds is 6. The van der Waals surface area contributed by atoms with Gasteiger partial charge in [0.15, 0.2) is 0 Å². The first-order chi connectivity index (χ1) is 15.5. The minimum atomic E-state index is -0.236. The van der Waals surface area contributed by atoms with E-state index >= 15 is 0 Å². The summed E-state index contributed by atoms with van der Waals surface area (Å²) in [6.45, 7) is 4.31. The van der Waals surface area contributed by atoms with E-state index in [0.29, 0.717) is 30.3 Å². The molecular formula is C28H34FNO2. The fourth-order valence-corrected chi connectivity index (χ4v) is 6.09. The number of ether oxygens (including phenoxy) is 1. The van der Waals surface area contributed by atoms with Crippen LogP contribution in [0.15, 0.2) is 48.7 Å². The zero-order valence-electron chi connectivity index (χ0n) is 19.2. The van der Waals surface area contributed by atoms with Crippen molar-refractivity contribution in [2.45, 2.75) is 52.4 Å². The summed E-state index contributed by atoms with van der Waals surface area (Å²) < 4.78 is 19.0. The lowest BCUT2D eigenvalue weighted by molar-refractivity contribution is -0.144. The first-order valence-corrected chi connectivity index (χ1v) is 12.1. The van der Waals surface area contributed by atoms with Crippen molar-refractivity contribution in [1.29, 1.82) is 0 Å². The molecule has 1 aromatic heterocycles. The minimum Gasteiger partial charge on any atom is -0.466 e. The highest BCUT2D eigenvalue weighted by atomic mass is 19.1. The molecule has 4 heteroatoms. The Balaban J connectivity index is 1.53. The van der Waals surface area contributed by atoms with Crippen LogP contribution in [0.5, 0.6) is 0 Å². The van der Waals surface area contributed by atoms with Gasteiger partial charge in [-0.05, 0) is 72.3 Å². The molecule has 1 aromatic carbocycles. The Kier molecular flexibility index (Phi) is 7.39. The lowest BCUT2D eigenvalue weighted by Crippen LogP contribution is -2.42. The molecule has 0 bridgehead atoms. The fraction of sp³-hybridized carbons (Fsp3) is 0.500. The van der Waals surface area contributed by atoms with Crippen molar-refractivity contribution in [2.75, 3.05) is 6.61 Å². The number of esters is 1. The van der Waals surface area contributed by atoms with Crippen LogP contribution in [0.2, 0.25) is 0 Å². The number of carbonyl (C=O) groups excluding carboxylic acids is 1. The standard InChI is InChI=1S/C28H34FNO2/c1-3-26-23(18-32-19(2)31)15-21-7-4-5-10-27(21)28(26)14-13-25-12-11-22(17-30-25)20-8-6-9-24(29)16-20/h6,8-9,11-14,16-17,21,23,26-28H,3-5,7,10,15,18H2,1-2H3/b14-13+/t21-,23-,26-,27+,28+/m0/s1. The van der Waals surface area contributed by atoms with Gasteiger partial charge in [0, 0.05) is 18.7 Å². The van der Waals surface area contributed by atoms with Gasteiger partial charge in [-0.3, -0.25) is 9.78 Å². The van der Waals surface area contributed by atoms with E-state index in [1.54, 1.807) is 6.07 Å². The normalized spacial score (nSPS) is 27.8. The van der Waals surface area contributed by atoms with Crippen LogP contribution >= 0.6 is 0 Å². The summed E-state index contributed by atoms with van der Waals surface area (Å²) in [6.07, 6.45) is 13.8. The molecule has 0 aliphatic heterocycles. The summed E-state index contributed by atoms with van der Waals surface area (Å²) >= 11 is 0. The molecule has 0 unspecified atom stereocenters. The third-order valence-electron chi connectivity index (χ3n) is 7.57. The summed E-state index contributed by atoms with van der Waals surface area (Å²) in [5, 5.41) is 0. The highest BCUT2D eigenvalue weighted by molar-refractivity contribution is 5.66. The van der Waals surface area contributed by atoms with Gasteiger partial charge in [0.25, 0.3) is 0 Å². The highest BCUT2D eigenvalue weighted by Gasteiger charge is 2.43. The number of hydrogen-bond donors (Lipinski definition) is 0. The maximum Gasteiger partial charge on any atom is 0.302 e. The number of allylic oxidation sites excluding steroid dienone is 1. The van der Waals surface area contributed by atoms with Crippen LogP contribution in [-0.4, -0.2) is 17.6 Å². The molecule has 2 fully saturated rings. The fourth-order valence-electron chi connectivity index (χ4n) is 6.09. The van der Waals surface area contributed by atoms with E-state index in [0.717, 1.165) is 29.2 Å². The van der Waals surface area contributed by atoms with E-state index in [2.05, 4.69) is 24.1 Å². The molecule has 1 heterocycles. The first-order valence-electron chi connectivity index (χ1n) is 12.1. The molecule has 2 aliphatic carbocycles. The van der Waals surface area contributed by atoms with E-state index in [9.17, 15) is 9.18 Å². The number of pyridine rings is 1. The molecule has 0 N–H and O–H groups in total. The second-order valence-corrected chi connectivity index (χ2v) is 9.50. The molecule has 32 heavy (non-hydrogen) atoms. The highest BCUT2D eigenvalue weighted by Crippen LogP contribution is 2.50. The number of carbonyl (C=O) groups is 1. The lowest BCUT2D eigenvalue weighted by Gasteiger charge is -2.48. The van der Waals surface area contributed by atoms with E-state index < -0.39 is 0 Å². The lowest BCUT2D eigenvalue weighted by atomic mass is 9.57. The second-order valence-electron chi connectivity index (χ2n) is 9.50. The molecule has 2 saturated carbocycles. The Bertz CT molecular complexity index is 939. The average molecular weight is 436 g/mol. The second kappa shape index (κ2) is 10.4. The van der Waals surface area contributed by atoms with Crippen molar-refractivity contribution in [3.05, 3.63) is 60.2 Å². The predicted molar refractivity (Wildman–Crippen MR) is 126 cm³/mol. The molecule has 0 saturated heterocycles.